The smallest absolute Gasteiger partial charge is 0.0607 e. The van der Waals surface area contributed by atoms with Gasteiger partial charge in [-0.2, -0.15) is 22.8 Å². The van der Waals surface area contributed by atoms with E-state index < -0.39 is 0 Å². The van der Waals surface area contributed by atoms with Crippen LogP contribution in [0.25, 0.3) is 0 Å². The van der Waals surface area contributed by atoms with Gasteiger partial charge in [-0.1, -0.05) is 52.0 Å². The molecule has 3 nitrogen and oxygen atoms in total. The normalized spacial score (nSPS) is 10.7. The predicted molar refractivity (Wildman–Crippen MR) is 126 cm³/mol. The summed E-state index contributed by atoms with van der Waals surface area (Å²) in [7, 11) is 0. The Labute approximate surface area is 191 Å². The summed E-state index contributed by atoms with van der Waals surface area (Å²) in [5, 5.41) is 0. The van der Waals surface area contributed by atoms with E-state index in [0.29, 0.717) is 0 Å². The summed E-state index contributed by atoms with van der Waals surface area (Å²) in [4.78, 5) is 8.22. The third-order valence-electron chi connectivity index (χ3n) is 4.03. The number of nitrogens with zero attached hydrogens (tertiary/aromatic N) is 3. The van der Waals surface area contributed by atoms with Crippen LogP contribution in [0.1, 0.15) is 63.0 Å². The molecule has 2 aromatic heterocycles. The average molecular weight is 488 g/mol. The molecule has 0 saturated heterocycles. The van der Waals surface area contributed by atoms with Crippen LogP contribution >= 0.6 is 0 Å². The van der Waals surface area contributed by atoms with Crippen LogP contribution in [0.15, 0.2) is 58.1 Å². The van der Waals surface area contributed by atoms with Crippen molar-refractivity contribution in [2.75, 3.05) is 0 Å². The molecule has 3 rings (SSSR count). The molecule has 3 aromatic rings. The summed E-state index contributed by atoms with van der Waals surface area (Å²) in [5.74, 6) is 0. The SMILES string of the molecule is CC(C)(C)[N]=[Mo+2]=[CH]C(C)(C)c1ccccc1.Cc1ccc(C)[n-]1.Cc1ccc(C)[n-]1. The fourth-order valence-corrected chi connectivity index (χ4v) is 4.33. The van der Waals surface area contributed by atoms with Crippen LogP contribution < -0.4 is 9.97 Å². The number of benzene rings is 1. The standard InChI is InChI=1S/C10H12.2C6H8N.C4H9N.Mo/c1-10(2,3)9-7-5-4-6-8-9;2*1-5-3-4-6(2)7-5;1-4(2,3)5;/h1,4-8H,2-3H3;2*3-4H,1-2H3;1-3H3;/q;2*-1;;+2. The maximum atomic E-state index is 4.74. The van der Waals surface area contributed by atoms with Crippen molar-refractivity contribution in [3.05, 3.63) is 82.9 Å². The van der Waals surface area contributed by atoms with Crippen LogP contribution in [0.3, 0.4) is 0 Å². The van der Waals surface area contributed by atoms with Crippen molar-refractivity contribution in [3.63, 3.8) is 0 Å². The molecule has 0 fully saturated rings. The Hall–Kier alpha value is -1.86. The first-order valence-corrected chi connectivity index (χ1v) is 12.4. The average Bonchev–Trinajstić information content (AvgIpc) is 3.21. The van der Waals surface area contributed by atoms with E-state index in [-0.39, 0.29) is 28.9 Å². The molecule has 0 spiro atoms. The van der Waals surface area contributed by atoms with Gasteiger partial charge in [-0.25, -0.2) is 0 Å². The van der Waals surface area contributed by atoms with Gasteiger partial charge in [0.1, 0.15) is 0 Å². The summed E-state index contributed by atoms with van der Waals surface area (Å²) in [6, 6.07) is 18.7. The van der Waals surface area contributed by atoms with Crippen molar-refractivity contribution >= 4 is 4.40 Å². The third-order valence-corrected chi connectivity index (χ3v) is 7.34. The molecule has 2 heterocycles. The minimum Gasteiger partial charge on any atom is -0.665 e. The first-order valence-electron chi connectivity index (χ1n) is 10.3. The van der Waals surface area contributed by atoms with E-state index in [1.54, 1.807) is 0 Å². The largest absolute Gasteiger partial charge is 0.665 e. The van der Waals surface area contributed by atoms with Crippen molar-refractivity contribution in [2.24, 2.45) is 3.50 Å². The molecular weight excluding hydrogens is 450 g/mol. The van der Waals surface area contributed by atoms with Crippen molar-refractivity contribution in [1.82, 2.24) is 9.97 Å². The molecule has 0 N–H and O–H groups in total. The maximum absolute atomic E-state index is 4.74. The molecule has 0 saturated carbocycles. The van der Waals surface area contributed by atoms with Crippen LogP contribution in [-0.2, 0) is 23.3 Å². The summed E-state index contributed by atoms with van der Waals surface area (Å²) in [6.45, 7) is 19.0. The van der Waals surface area contributed by atoms with Crippen LogP contribution in [0, 0.1) is 27.7 Å². The van der Waals surface area contributed by atoms with Gasteiger partial charge in [0.05, 0.1) is 0 Å². The fraction of sp³-hybridized carbons (Fsp3) is 0.423. The van der Waals surface area contributed by atoms with E-state index in [4.69, 9.17) is 3.50 Å². The number of rotatable bonds is 2. The molecular formula is C26H37MoN3. The molecule has 0 bridgehead atoms. The van der Waals surface area contributed by atoms with Crippen LogP contribution in [-0.4, -0.2) is 9.94 Å². The van der Waals surface area contributed by atoms with Crippen molar-refractivity contribution in [2.45, 2.75) is 73.3 Å². The summed E-state index contributed by atoms with van der Waals surface area (Å²) >= 11 is -0.361. The van der Waals surface area contributed by atoms with Gasteiger partial charge in [0.25, 0.3) is 0 Å². The molecule has 162 valence electrons. The van der Waals surface area contributed by atoms with Crippen molar-refractivity contribution in [3.8, 4) is 0 Å². The van der Waals surface area contributed by atoms with E-state index in [1.807, 2.05) is 52.0 Å². The Morgan fingerprint density at radius 2 is 1.07 bits per heavy atom. The Bertz CT molecular complexity index is 863. The second-order valence-electron chi connectivity index (χ2n) is 9.03. The Morgan fingerprint density at radius 1 is 0.667 bits per heavy atom. The fourth-order valence-electron chi connectivity index (χ4n) is 2.44. The van der Waals surface area contributed by atoms with E-state index in [0.717, 1.165) is 22.8 Å². The number of aryl methyl sites for hydroxylation is 4. The van der Waals surface area contributed by atoms with E-state index in [1.165, 1.54) is 5.56 Å². The van der Waals surface area contributed by atoms with Gasteiger partial charge in [0.2, 0.25) is 0 Å². The van der Waals surface area contributed by atoms with Crippen LogP contribution in [0.5, 0.6) is 0 Å². The van der Waals surface area contributed by atoms with E-state index >= 15 is 0 Å². The zero-order valence-electron chi connectivity index (χ0n) is 20.0. The van der Waals surface area contributed by atoms with Crippen LogP contribution in [0.2, 0.25) is 0 Å². The van der Waals surface area contributed by atoms with Crippen LogP contribution in [0.4, 0.5) is 0 Å². The van der Waals surface area contributed by atoms with E-state index in [9.17, 15) is 0 Å². The van der Waals surface area contributed by atoms with E-state index in [2.05, 4.69) is 79.3 Å². The predicted octanol–water partition coefficient (Wildman–Crippen LogP) is 6.35. The minimum absolute atomic E-state index is 0.117. The zero-order valence-corrected chi connectivity index (χ0v) is 22.0. The molecule has 1 aromatic carbocycles. The molecule has 0 radical (unpaired) electrons. The topological polar surface area (TPSA) is 40.6 Å². The summed E-state index contributed by atoms with van der Waals surface area (Å²) in [6.07, 6.45) is 0. The maximum Gasteiger partial charge on any atom is -0.0607 e. The molecule has 0 aliphatic carbocycles. The quantitative estimate of drug-likeness (QED) is 0.395. The molecule has 0 aliphatic heterocycles. The second kappa shape index (κ2) is 12.1. The molecule has 0 unspecified atom stereocenters. The summed E-state index contributed by atoms with van der Waals surface area (Å²) in [5.41, 5.74) is 6.08. The van der Waals surface area contributed by atoms with Gasteiger partial charge in [-0.3, -0.25) is 0 Å². The Kier molecular flexibility index (Phi) is 10.6. The minimum atomic E-state index is -0.361. The number of hydrogen-bond acceptors (Lipinski definition) is 1. The molecule has 30 heavy (non-hydrogen) atoms. The third kappa shape index (κ3) is 11.4. The van der Waals surface area contributed by atoms with Gasteiger partial charge in [0.15, 0.2) is 0 Å². The number of hydrogen-bond donors (Lipinski definition) is 0. The summed E-state index contributed by atoms with van der Waals surface area (Å²) < 4.78 is 7.16. The number of aromatic nitrogens is 2. The molecule has 0 amide bonds. The zero-order chi connectivity index (χ0) is 22.8. The van der Waals surface area contributed by atoms with Gasteiger partial charge in [-0.05, 0) is 0 Å². The van der Waals surface area contributed by atoms with Gasteiger partial charge in [-0.15, -0.1) is 0 Å². The molecule has 4 heteroatoms. The Morgan fingerprint density at radius 3 is 1.37 bits per heavy atom. The van der Waals surface area contributed by atoms with Gasteiger partial charge >= 0.3 is 107 Å². The van der Waals surface area contributed by atoms with Crippen molar-refractivity contribution < 1.29 is 17.9 Å². The van der Waals surface area contributed by atoms with Crippen molar-refractivity contribution in [1.29, 1.82) is 0 Å². The molecule has 0 aliphatic rings. The monoisotopic (exact) mass is 489 g/mol. The first kappa shape index (κ1) is 26.2. The second-order valence-corrected chi connectivity index (χ2v) is 10.6. The first-order chi connectivity index (χ1) is 13.9. The van der Waals surface area contributed by atoms with Gasteiger partial charge in [0, 0.05) is 0 Å². The van der Waals surface area contributed by atoms with Gasteiger partial charge < -0.3 is 9.97 Å². The molecule has 0 atom stereocenters. The Balaban J connectivity index is 0.000000263.